The van der Waals surface area contributed by atoms with Crippen LogP contribution in [0.4, 0.5) is 0 Å². The highest BCUT2D eigenvalue weighted by Crippen LogP contribution is 2.07. The van der Waals surface area contributed by atoms with E-state index in [1.165, 1.54) is 38.6 Å². The molecule has 0 aliphatic rings. The molecule has 0 spiro atoms. The van der Waals surface area contributed by atoms with Gasteiger partial charge >= 0.3 is 0 Å². The fraction of sp³-hybridized carbons (Fsp3) is 1.00. The second-order valence-corrected chi connectivity index (χ2v) is 5.64. The van der Waals surface area contributed by atoms with Gasteiger partial charge < -0.3 is 10.1 Å². The molecule has 0 amide bonds. The summed E-state index contributed by atoms with van der Waals surface area (Å²) in [7, 11) is 1.79. The smallest absolute Gasteiger partial charge is 0.0589 e. The van der Waals surface area contributed by atoms with Gasteiger partial charge in [-0.1, -0.05) is 20.3 Å². The van der Waals surface area contributed by atoms with E-state index >= 15 is 0 Å². The molecule has 0 aromatic rings. The molecule has 0 heterocycles. The number of nitrogens with one attached hydrogen (secondary N) is 1. The summed E-state index contributed by atoms with van der Waals surface area (Å²) < 4.78 is 5.20. The summed E-state index contributed by atoms with van der Waals surface area (Å²) in [6.07, 6.45) is 6.35. The Balaban J connectivity index is 3.73. The van der Waals surface area contributed by atoms with Gasteiger partial charge in [-0.05, 0) is 52.6 Å². The number of ether oxygens (including phenoxy) is 1. The molecule has 0 bridgehead atoms. The van der Waals surface area contributed by atoms with Crippen molar-refractivity contribution in [3.63, 3.8) is 0 Å². The van der Waals surface area contributed by atoms with Crippen LogP contribution in [-0.2, 0) is 4.74 Å². The third-order valence-corrected chi connectivity index (χ3v) is 3.87. The number of hydrogen-bond donors (Lipinski definition) is 1. The molecular weight excluding hydrogens is 236 g/mol. The molecule has 0 fully saturated rings. The average molecular weight is 272 g/mol. The topological polar surface area (TPSA) is 24.5 Å². The summed E-state index contributed by atoms with van der Waals surface area (Å²) in [5.41, 5.74) is 0. The zero-order chi connectivity index (χ0) is 14.5. The van der Waals surface area contributed by atoms with Crippen molar-refractivity contribution in [1.29, 1.82) is 0 Å². The second-order valence-electron chi connectivity index (χ2n) is 5.64. The highest BCUT2D eigenvalue weighted by molar-refractivity contribution is 4.67. The number of methoxy groups -OCH3 is 1. The van der Waals surface area contributed by atoms with Crippen molar-refractivity contribution < 1.29 is 4.74 Å². The first kappa shape index (κ1) is 18.9. The minimum Gasteiger partial charge on any atom is -0.383 e. The molecule has 3 heteroatoms. The maximum absolute atomic E-state index is 5.20. The maximum atomic E-state index is 5.20. The molecule has 0 saturated heterocycles. The van der Waals surface area contributed by atoms with Crippen LogP contribution in [-0.4, -0.2) is 50.3 Å². The lowest BCUT2D eigenvalue weighted by molar-refractivity contribution is 0.121. The zero-order valence-corrected chi connectivity index (χ0v) is 13.9. The predicted octanol–water partition coefficient (Wildman–Crippen LogP) is 3.29. The predicted molar refractivity (Wildman–Crippen MR) is 84.8 cm³/mol. The van der Waals surface area contributed by atoms with Gasteiger partial charge in [0.15, 0.2) is 0 Å². The highest BCUT2D eigenvalue weighted by Gasteiger charge is 2.11. The van der Waals surface area contributed by atoms with Crippen molar-refractivity contribution >= 4 is 0 Å². The normalized spacial score (nSPS) is 14.8. The Morgan fingerprint density at radius 1 is 1.11 bits per heavy atom. The van der Waals surface area contributed by atoms with Crippen molar-refractivity contribution in [3.8, 4) is 0 Å². The standard InChI is InChI=1S/C16H36N2O/c1-6-11-17-15(3)10-8-9-12-18(13-14-19-5)16(4)7-2/h15-17H,6-14H2,1-5H3. The maximum Gasteiger partial charge on any atom is 0.0589 e. The van der Waals surface area contributed by atoms with Gasteiger partial charge in [0.05, 0.1) is 6.61 Å². The summed E-state index contributed by atoms with van der Waals surface area (Å²) in [6, 6.07) is 1.33. The van der Waals surface area contributed by atoms with E-state index in [-0.39, 0.29) is 0 Å². The minimum atomic E-state index is 0.663. The Hall–Kier alpha value is -0.120. The van der Waals surface area contributed by atoms with Crippen LogP contribution in [0.2, 0.25) is 0 Å². The molecule has 2 unspecified atom stereocenters. The van der Waals surface area contributed by atoms with Crippen molar-refractivity contribution in [2.45, 2.75) is 71.9 Å². The van der Waals surface area contributed by atoms with Gasteiger partial charge in [0, 0.05) is 25.7 Å². The SMILES string of the molecule is CCCNC(C)CCCCN(CCOC)C(C)CC. The van der Waals surface area contributed by atoms with Gasteiger partial charge in [0.25, 0.3) is 0 Å². The van der Waals surface area contributed by atoms with E-state index in [0.29, 0.717) is 12.1 Å². The van der Waals surface area contributed by atoms with Gasteiger partial charge in [0.1, 0.15) is 0 Å². The summed E-state index contributed by atoms with van der Waals surface area (Å²) in [6.45, 7) is 13.4. The van der Waals surface area contributed by atoms with E-state index in [2.05, 4.69) is 37.9 Å². The van der Waals surface area contributed by atoms with Crippen LogP contribution in [0.3, 0.4) is 0 Å². The summed E-state index contributed by atoms with van der Waals surface area (Å²) >= 11 is 0. The van der Waals surface area contributed by atoms with E-state index in [0.717, 1.165) is 19.7 Å². The minimum absolute atomic E-state index is 0.663. The van der Waals surface area contributed by atoms with Crippen molar-refractivity contribution in [2.75, 3.05) is 33.4 Å². The van der Waals surface area contributed by atoms with E-state index in [9.17, 15) is 0 Å². The first-order valence-corrected chi connectivity index (χ1v) is 8.12. The van der Waals surface area contributed by atoms with Crippen molar-refractivity contribution in [3.05, 3.63) is 0 Å². The Bertz CT molecular complexity index is 188. The molecule has 1 N–H and O–H groups in total. The van der Waals surface area contributed by atoms with Crippen molar-refractivity contribution in [1.82, 2.24) is 10.2 Å². The molecule has 3 nitrogen and oxygen atoms in total. The first-order chi connectivity index (χ1) is 9.15. The van der Waals surface area contributed by atoms with Crippen LogP contribution in [0, 0.1) is 0 Å². The number of rotatable bonds is 13. The molecule has 0 saturated carbocycles. The molecule has 2 atom stereocenters. The van der Waals surface area contributed by atoms with Crippen LogP contribution < -0.4 is 5.32 Å². The molecule has 0 radical (unpaired) electrons. The Morgan fingerprint density at radius 3 is 2.42 bits per heavy atom. The van der Waals surface area contributed by atoms with Crippen LogP contribution in [0.5, 0.6) is 0 Å². The molecular formula is C16H36N2O. The third kappa shape index (κ3) is 10.3. The van der Waals surface area contributed by atoms with Gasteiger partial charge in [-0.2, -0.15) is 0 Å². The Morgan fingerprint density at radius 2 is 1.84 bits per heavy atom. The molecule has 116 valence electrons. The van der Waals surface area contributed by atoms with E-state index in [4.69, 9.17) is 4.74 Å². The monoisotopic (exact) mass is 272 g/mol. The largest absolute Gasteiger partial charge is 0.383 e. The molecule has 0 aliphatic carbocycles. The molecule has 0 aromatic heterocycles. The number of unbranched alkanes of at least 4 members (excludes halogenated alkanes) is 1. The fourth-order valence-corrected chi connectivity index (χ4v) is 2.28. The Kier molecular flexibility index (Phi) is 12.8. The summed E-state index contributed by atoms with van der Waals surface area (Å²) in [5, 5.41) is 3.56. The molecule has 19 heavy (non-hydrogen) atoms. The van der Waals surface area contributed by atoms with Gasteiger partial charge in [0.2, 0.25) is 0 Å². The van der Waals surface area contributed by atoms with Crippen LogP contribution in [0.25, 0.3) is 0 Å². The third-order valence-electron chi connectivity index (χ3n) is 3.87. The lowest BCUT2D eigenvalue weighted by Gasteiger charge is -2.28. The fourth-order valence-electron chi connectivity index (χ4n) is 2.28. The lowest BCUT2D eigenvalue weighted by atomic mass is 10.1. The summed E-state index contributed by atoms with van der Waals surface area (Å²) in [5.74, 6) is 0. The highest BCUT2D eigenvalue weighted by atomic mass is 16.5. The van der Waals surface area contributed by atoms with E-state index < -0.39 is 0 Å². The quantitative estimate of drug-likeness (QED) is 0.521. The first-order valence-electron chi connectivity index (χ1n) is 8.12. The van der Waals surface area contributed by atoms with Crippen LogP contribution in [0.15, 0.2) is 0 Å². The Labute approximate surface area is 121 Å². The number of hydrogen-bond acceptors (Lipinski definition) is 3. The van der Waals surface area contributed by atoms with Crippen LogP contribution in [0.1, 0.15) is 59.8 Å². The van der Waals surface area contributed by atoms with Crippen LogP contribution >= 0.6 is 0 Å². The zero-order valence-electron chi connectivity index (χ0n) is 13.9. The molecule has 0 rings (SSSR count). The van der Waals surface area contributed by atoms with Gasteiger partial charge in [-0.3, -0.25) is 4.90 Å². The van der Waals surface area contributed by atoms with E-state index in [1.807, 2.05) is 0 Å². The van der Waals surface area contributed by atoms with Gasteiger partial charge in [-0.15, -0.1) is 0 Å². The lowest BCUT2D eigenvalue weighted by Crippen LogP contribution is -2.36. The average Bonchev–Trinajstić information content (AvgIpc) is 2.43. The molecule has 0 aliphatic heterocycles. The van der Waals surface area contributed by atoms with Gasteiger partial charge in [-0.25, -0.2) is 0 Å². The van der Waals surface area contributed by atoms with E-state index in [1.54, 1.807) is 7.11 Å². The van der Waals surface area contributed by atoms with Crippen molar-refractivity contribution in [2.24, 2.45) is 0 Å². The number of nitrogens with zero attached hydrogens (tertiary/aromatic N) is 1. The molecule has 0 aromatic carbocycles. The summed E-state index contributed by atoms with van der Waals surface area (Å²) in [4.78, 5) is 2.56. The second kappa shape index (κ2) is 12.9.